The summed E-state index contributed by atoms with van der Waals surface area (Å²) in [4.78, 5) is 26.1. The lowest BCUT2D eigenvalue weighted by Gasteiger charge is -2.34. The van der Waals surface area contributed by atoms with Crippen LogP contribution in [0.4, 0.5) is 0 Å². The summed E-state index contributed by atoms with van der Waals surface area (Å²) in [6, 6.07) is 0.455. The maximum atomic E-state index is 13.1. The monoisotopic (exact) mass is 330 g/mol. The Kier molecular flexibility index (Phi) is 4.50. The van der Waals surface area contributed by atoms with E-state index in [1.807, 2.05) is 4.90 Å². The van der Waals surface area contributed by atoms with Crippen LogP contribution in [0.25, 0.3) is 0 Å². The summed E-state index contributed by atoms with van der Waals surface area (Å²) in [7, 11) is 0. The number of carbonyl (C=O) groups is 1. The molecule has 24 heavy (non-hydrogen) atoms. The first kappa shape index (κ1) is 16.0. The molecule has 130 valence electrons. The summed E-state index contributed by atoms with van der Waals surface area (Å²) in [5, 5.41) is 0. The van der Waals surface area contributed by atoms with E-state index in [4.69, 9.17) is 4.74 Å². The number of hydrogen-bond donors (Lipinski definition) is 0. The van der Waals surface area contributed by atoms with Crippen LogP contribution in [0.1, 0.15) is 48.2 Å². The van der Waals surface area contributed by atoms with Gasteiger partial charge in [0.2, 0.25) is 0 Å². The van der Waals surface area contributed by atoms with Gasteiger partial charge in [-0.1, -0.05) is 13.3 Å². The maximum absolute atomic E-state index is 13.1. The first-order valence-electron chi connectivity index (χ1n) is 9.19. The van der Waals surface area contributed by atoms with Crippen LogP contribution in [0.2, 0.25) is 0 Å². The molecule has 1 aliphatic carbocycles. The Balaban J connectivity index is 1.51. The topological polar surface area (TPSA) is 58.6 Å². The quantitative estimate of drug-likeness (QED) is 0.838. The number of aromatic nitrogens is 2. The number of rotatable bonds is 4. The third kappa shape index (κ3) is 3.05. The summed E-state index contributed by atoms with van der Waals surface area (Å²) in [5.41, 5.74) is 1.68. The molecule has 2 unspecified atom stereocenters. The van der Waals surface area contributed by atoms with Crippen LogP contribution >= 0.6 is 0 Å². The fraction of sp³-hybridized carbons (Fsp3) is 0.722. The molecule has 4 rings (SSSR count). The van der Waals surface area contributed by atoms with Crippen molar-refractivity contribution >= 4 is 5.91 Å². The van der Waals surface area contributed by atoms with Crippen LogP contribution in [0.5, 0.6) is 0 Å². The molecule has 3 heterocycles. The van der Waals surface area contributed by atoms with E-state index >= 15 is 0 Å². The van der Waals surface area contributed by atoms with E-state index < -0.39 is 0 Å². The molecule has 0 radical (unpaired) electrons. The minimum Gasteiger partial charge on any atom is -0.379 e. The second kappa shape index (κ2) is 6.76. The van der Waals surface area contributed by atoms with Crippen molar-refractivity contribution in [3.63, 3.8) is 0 Å². The van der Waals surface area contributed by atoms with Gasteiger partial charge in [0.15, 0.2) is 0 Å². The predicted molar refractivity (Wildman–Crippen MR) is 89.9 cm³/mol. The highest BCUT2D eigenvalue weighted by Gasteiger charge is 2.39. The number of hydrogen-bond acceptors (Lipinski definition) is 5. The minimum absolute atomic E-state index is 0.117. The van der Waals surface area contributed by atoms with Gasteiger partial charge in [0.25, 0.3) is 5.91 Å². The van der Waals surface area contributed by atoms with E-state index in [9.17, 15) is 4.79 Å². The van der Waals surface area contributed by atoms with Crippen molar-refractivity contribution in [2.24, 2.45) is 5.92 Å². The number of likely N-dealkylation sites (tertiary alicyclic amines) is 1. The zero-order chi connectivity index (χ0) is 16.5. The van der Waals surface area contributed by atoms with Crippen molar-refractivity contribution in [1.29, 1.82) is 0 Å². The third-order valence-corrected chi connectivity index (χ3v) is 5.67. The maximum Gasteiger partial charge on any atom is 0.257 e. The first-order valence-corrected chi connectivity index (χ1v) is 9.19. The highest BCUT2D eigenvalue weighted by Crippen LogP contribution is 2.40. The largest absolute Gasteiger partial charge is 0.379 e. The Morgan fingerprint density at radius 3 is 2.79 bits per heavy atom. The SMILES string of the molecule is CCC1CN(C(=O)c2cncnc2C2CC2)CC1N1CCOCC1. The second-order valence-corrected chi connectivity index (χ2v) is 7.19. The fourth-order valence-corrected chi connectivity index (χ4v) is 4.10. The minimum atomic E-state index is 0.117. The van der Waals surface area contributed by atoms with Crippen LogP contribution in [0.3, 0.4) is 0 Å². The smallest absolute Gasteiger partial charge is 0.257 e. The highest BCUT2D eigenvalue weighted by atomic mass is 16.5. The number of nitrogens with zero attached hydrogens (tertiary/aromatic N) is 4. The average molecular weight is 330 g/mol. The van der Waals surface area contributed by atoms with Gasteiger partial charge in [-0.25, -0.2) is 9.97 Å². The van der Waals surface area contributed by atoms with Gasteiger partial charge in [0.1, 0.15) is 6.33 Å². The average Bonchev–Trinajstić information content (AvgIpc) is 3.40. The first-order chi connectivity index (χ1) is 11.8. The van der Waals surface area contributed by atoms with Crippen molar-refractivity contribution < 1.29 is 9.53 Å². The van der Waals surface area contributed by atoms with Gasteiger partial charge < -0.3 is 9.64 Å². The Labute approximate surface area is 143 Å². The Bertz CT molecular complexity index is 598. The molecule has 3 aliphatic rings. The van der Waals surface area contributed by atoms with E-state index in [-0.39, 0.29) is 5.91 Å². The van der Waals surface area contributed by atoms with Crippen LogP contribution < -0.4 is 0 Å². The number of morpholine rings is 1. The lowest BCUT2D eigenvalue weighted by Crippen LogP contribution is -2.47. The molecule has 2 atom stereocenters. The summed E-state index contributed by atoms with van der Waals surface area (Å²) >= 11 is 0. The number of ether oxygens (including phenoxy) is 1. The number of carbonyl (C=O) groups excluding carboxylic acids is 1. The molecule has 0 N–H and O–H groups in total. The Morgan fingerprint density at radius 1 is 1.29 bits per heavy atom. The van der Waals surface area contributed by atoms with Gasteiger partial charge in [-0.2, -0.15) is 0 Å². The zero-order valence-corrected chi connectivity index (χ0v) is 14.4. The lowest BCUT2D eigenvalue weighted by molar-refractivity contribution is 0.0103. The van der Waals surface area contributed by atoms with Crippen LogP contribution in [0.15, 0.2) is 12.5 Å². The van der Waals surface area contributed by atoms with Gasteiger partial charge in [0, 0.05) is 44.3 Å². The van der Waals surface area contributed by atoms with Gasteiger partial charge >= 0.3 is 0 Å². The molecule has 6 heteroatoms. The molecule has 2 aliphatic heterocycles. The van der Waals surface area contributed by atoms with Gasteiger partial charge in [-0.3, -0.25) is 9.69 Å². The molecule has 0 spiro atoms. The predicted octanol–water partition coefficient (Wildman–Crippen LogP) is 1.54. The van der Waals surface area contributed by atoms with Crippen molar-refractivity contribution in [2.75, 3.05) is 39.4 Å². The molecule has 1 aromatic rings. The van der Waals surface area contributed by atoms with E-state index in [0.717, 1.165) is 69.9 Å². The van der Waals surface area contributed by atoms with Crippen molar-refractivity contribution in [3.8, 4) is 0 Å². The lowest BCUT2D eigenvalue weighted by atomic mass is 9.99. The zero-order valence-electron chi connectivity index (χ0n) is 14.4. The van der Waals surface area contributed by atoms with Crippen LogP contribution in [-0.4, -0.2) is 71.1 Å². The van der Waals surface area contributed by atoms with Crippen LogP contribution in [0, 0.1) is 5.92 Å². The molecule has 3 fully saturated rings. The fourth-order valence-electron chi connectivity index (χ4n) is 4.10. The highest BCUT2D eigenvalue weighted by molar-refractivity contribution is 5.95. The van der Waals surface area contributed by atoms with Gasteiger partial charge in [0.05, 0.1) is 24.5 Å². The van der Waals surface area contributed by atoms with Crippen molar-refractivity contribution in [2.45, 2.75) is 38.1 Å². The van der Waals surface area contributed by atoms with Crippen molar-refractivity contribution in [3.05, 3.63) is 23.8 Å². The molecule has 6 nitrogen and oxygen atoms in total. The molecule has 1 saturated carbocycles. The normalized spacial score (nSPS) is 28.3. The van der Waals surface area contributed by atoms with E-state index in [0.29, 0.717) is 17.9 Å². The summed E-state index contributed by atoms with van der Waals surface area (Å²) in [6.45, 7) is 7.45. The molecule has 1 amide bonds. The molecule has 0 aromatic carbocycles. The van der Waals surface area contributed by atoms with Gasteiger partial charge in [-0.05, 0) is 18.8 Å². The third-order valence-electron chi connectivity index (χ3n) is 5.67. The van der Waals surface area contributed by atoms with E-state index in [1.54, 1.807) is 12.5 Å². The number of amides is 1. The molecular weight excluding hydrogens is 304 g/mol. The standard InChI is InChI=1S/C18H26N4O2/c1-2-13-10-22(11-16(13)21-5-7-24-8-6-21)18(23)15-9-19-12-20-17(15)14-3-4-14/h9,12-14,16H,2-8,10-11H2,1H3. The second-order valence-electron chi connectivity index (χ2n) is 7.19. The Morgan fingerprint density at radius 2 is 2.08 bits per heavy atom. The molecule has 2 saturated heterocycles. The van der Waals surface area contributed by atoms with Crippen LogP contribution in [-0.2, 0) is 4.74 Å². The van der Waals surface area contributed by atoms with E-state index in [2.05, 4.69) is 21.8 Å². The summed E-state index contributed by atoms with van der Waals surface area (Å²) < 4.78 is 5.48. The molecule has 0 bridgehead atoms. The Hall–Kier alpha value is -1.53. The molecule has 1 aromatic heterocycles. The molecular formula is C18H26N4O2. The van der Waals surface area contributed by atoms with E-state index in [1.165, 1.54) is 0 Å². The summed E-state index contributed by atoms with van der Waals surface area (Å²) in [5.74, 6) is 1.12. The van der Waals surface area contributed by atoms with Crippen molar-refractivity contribution in [1.82, 2.24) is 19.8 Å². The van der Waals surface area contributed by atoms with Gasteiger partial charge in [-0.15, -0.1) is 0 Å². The summed E-state index contributed by atoms with van der Waals surface area (Å²) in [6.07, 6.45) is 6.68.